The lowest BCUT2D eigenvalue weighted by atomic mass is 10.0. The Bertz CT molecular complexity index is 377. The van der Waals surface area contributed by atoms with E-state index in [1.165, 1.54) is 0 Å². The largest absolute Gasteiger partial charge is 0.493 e. The van der Waals surface area contributed by atoms with E-state index in [1.807, 2.05) is 27.7 Å². The molecule has 1 atom stereocenters. The topological polar surface area (TPSA) is 53.4 Å². The van der Waals surface area contributed by atoms with E-state index in [9.17, 15) is 4.79 Å². The standard InChI is InChI=1S/C13H22N2O3/c1-6-15-11(10(17-5)8-14-15)12(16)13(9(3)4)18-7-2/h8-9,13H,6-7H2,1-5H3. The van der Waals surface area contributed by atoms with Crippen molar-refractivity contribution in [2.45, 2.75) is 40.3 Å². The monoisotopic (exact) mass is 254 g/mol. The zero-order valence-corrected chi connectivity index (χ0v) is 11.8. The van der Waals surface area contributed by atoms with E-state index in [0.717, 1.165) is 0 Å². The lowest BCUT2D eigenvalue weighted by Gasteiger charge is -2.20. The molecular weight excluding hydrogens is 232 g/mol. The molecule has 0 saturated carbocycles. The Morgan fingerprint density at radius 2 is 2.11 bits per heavy atom. The summed E-state index contributed by atoms with van der Waals surface area (Å²) in [4.78, 5) is 12.5. The molecule has 0 aromatic carbocycles. The van der Waals surface area contributed by atoms with Crippen molar-refractivity contribution in [3.63, 3.8) is 0 Å². The first-order chi connectivity index (χ1) is 8.56. The van der Waals surface area contributed by atoms with Crippen LogP contribution in [0.1, 0.15) is 38.2 Å². The number of aryl methyl sites for hydroxylation is 1. The van der Waals surface area contributed by atoms with Gasteiger partial charge in [-0.2, -0.15) is 5.10 Å². The highest BCUT2D eigenvalue weighted by molar-refractivity contribution is 6.00. The van der Waals surface area contributed by atoms with Crippen molar-refractivity contribution in [2.24, 2.45) is 5.92 Å². The van der Waals surface area contributed by atoms with E-state index in [0.29, 0.717) is 24.6 Å². The summed E-state index contributed by atoms with van der Waals surface area (Å²) in [7, 11) is 1.54. The van der Waals surface area contributed by atoms with Crippen molar-refractivity contribution in [1.82, 2.24) is 9.78 Å². The summed E-state index contributed by atoms with van der Waals surface area (Å²) in [6, 6.07) is 0. The molecule has 1 aromatic heterocycles. The molecule has 0 bridgehead atoms. The van der Waals surface area contributed by atoms with Gasteiger partial charge in [-0.25, -0.2) is 0 Å². The molecule has 5 heteroatoms. The summed E-state index contributed by atoms with van der Waals surface area (Å²) in [5, 5.41) is 4.14. The van der Waals surface area contributed by atoms with Gasteiger partial charge in [-0.05, 0) is 19.8 Å². The zero-order chi connectivity index (χ0) is 13.7. The SMILES string of the molecule is CCOC(C(=O)c1c(OC)cnn1CC)C(C)C. The van der Waals surface area contributed by atoms with E-state index in [2.05, 4.69) is 5.10 Å². The van der Waals surface area contributed by atoms with Gasteiger partial charge in [-0.1, -0.05) is 13.8 Å². The average Bonchev–Trinajstić information content (AvgIpc) is 2.77. The Balaban J connectivity index is 3.10. The molecule has 18 heavy (non-hydrogen) atoms. The minimum absolute atomic E-state index is 0.0666. The molecule has 0 aliphatic rings. The van der Waals surface area contributed by atoms with Crippen LogP contribution >= 0.6 is 0 Å². The Hall–Kier alpha value is -1.36. The van der Waals surface area contributed by atoms with Gasteiger partial charge in [0.15, 0.2) is 5.75 Å². The minimum Gasteiger partial charge on any atom is -0.493 e. The third-order valence-electron chi connectivity index (χ3n) is 2.77. The molecule has 0 saturated heterocycles. The molecule has 1 heterocycles. The maximum atomic E-state index is 12.5. The molecule has 1 aromatic rings. The van der Waals surface area contributed by atoms with Crippen LogP contribution in [-0.2, 0) is 11.3 Å². The lowest BCUT2D eigenvalue weighted by Crippen LogP contribution is -2.31. The first-order valence-electron chi connectivity index (χ1n) is 6.32. The van der Waals surface area contributed by atoms with Crippen LogP contribution in [0.15, 0.2) is 6.20 Å². The second-order valence-electron chi connectivity index (χ2n) is 4.36. The highest BCUT2D eigenvalue weighted by atomic mass is 16.5. The fourth-order valence-corrected chi connectivity index (χ4v) is 1.89. The molecule has 0 spiro atoms. The first-order valence-corrected chi connectivity index (χ1v) is 6.32. The molecule has 0 aliphatic heterocycles. The second kappa shape index (κ2) is 6.54. The van der Waals surface area contributed by atoms with Crippen molar-refractivity contribution >= 4 is 5.78 Å². The van der Waals surface area contributed by atoms with Gasteiger partial charge in [0.1, 0.15) is 11.8 Å². The number of hydrogen-bond acceptors (Lipinski definition) is 4. The van der Waals surface area contributed by atoms with Crippen molar-refractivity contribution < 1.29 is 14.3 Å². The van der Waals surface area contributed by atoms with Gasteiger partial charge in [0, 0.05) is 13.2 Å². The Morgan fingerprint density at radius 1 is 1.44 bits per heavy atom. The van der Waals surface area contributed by atoms with Gasteiger partial charge in [-0.15, -0.1) is 0 Å². The fourth-order valence-electron chi connectivity index (χ4n) is 1.89. The van der Waals surface area contributed by atoms with E-state index >= 15 is 0 Å². The number of methoxy groups -OCH3 is 1. The van der Waals surface area contributed by atoms with Gasteiger partial charge >= 0.3 is 0 Å². The zero-order valence-electron chi connectivity index (χ0n) is 11.8. The van der Waals surface area contributed by atoms with Gasteiger partial charge in [-0.3, -0.25) is 9.48 Å². The second-order valence-corrected chi connectivity index (χ2v) is 4.36. The molecule has 1 unspecified atom stereocenters. The highest BCUT2D eigenvalue weighted by Crippen LogP contribution is 2.22. The normalized spacial score (nSPS) is 12.8. The van der Waals surface area contributed by atoms with Crippen LogP contribution in [0.3, 0.4) is 0 Å². The smallest absolute Gasteiger partial charge is 0.213 e. The number of hydrogen-bond donors (Lipinski definition) is 0. The molecule has 0 aliphatic carbocycles. The number of ketones is 1. The highest BCUT2D eigenvalue weighted by Gasteiger charge is 2.29. The van der Waals surface area contributed by atoms with E-state index in [-0.39, 0.29) is 11.7 Å². The maximum Gasteiger partial charge on any atom is 0.213 e. The third kappa shape index (κ3) is 2.90. The van der Waals surface area contributed by atoms with Crippen LogP contribution in [0.5, 0.6) is 5.75 Å². The summed E-state index contributed by atoms with van der Waals surface area (Å²) in [5.41, 5.74) is 0.493. The number of carbonyl (C=O) groups is 1. The summed E-state index contributed by atoms with van der Waals surface area (Å²) < 4.78 is 12.4. The molecule has 0 fully saturated rings. The summed E-state index contributed by atoms with van der Waals surface area (Å²) >= 11 is 0. The summed E-state index contributed by atoms with van der Waals surface area (Å²) in [6.45, 7) is 8.90. The number of ether oxygens (including phenoxy) is 2. The number of carbonyl (C=O) groups excluding carboxylic acids is 1. The van der Waals surface area contributed by atoms with Crippen LogP contribution in [0.4, 0.5) is 0 Å². The molecule has 0 amide bonds. The van der Waals surface area contributed by atoms with Crippen LogP contribution < -0.4 is 4.74 Å². The molecule has 102 valence electrons. The van der Waals surface area contributed by atoms with E-state index in [1.54, 1.807) is 18.0 Å². The minimum atomic E-state index is -0.453. The number of Topliss-reactive ketones (excluding diaryl/α,β-unsaturated/α-hetero) is 1. The number of nitrogens with zero attached hydrogens (tertiary/aromatic N) is 2. The van der Waals surface area contributed by atoms with Crippen LogP contribution in [0.2, 0.25) is 0 Å². The Kier molecular flexibility index (Phi) is 5.34. The third-order valence-corrected chi connectivity index (χ3v) is 2.77. The molecular formula is C13H22N2O3. The summed E-state index contributed by atoms with van der Waals surface area (Å²) in [5.74, 6) is 0.553. The molecule has 0 radical (unpaired) electrons. The Morgan fingerprint density at radius 3 is 2.56 bits per heavy atom. The maximum absolute atomic E-state index is 12.5. The van der Waals surface area contributed by atoms with Gasteiger partial charge in [0.2, 0.25) is 5.78 Å². The van der Waals surface area contributed by atoms with Gasteiger partial charge in [0.05, 0.1) is 13.3 Å². The number of rotatable bonds is 7. The van der Waals surface area contributed by atoms with Gasteiger partial charge < -0.3 is 9.47 Å². The van der Waals surface area contributed by atoms with Gasteiger partial charge in [0.25, 0.3) is 0 Å². The van der Waals surface area contributed by atoms with Crippen LogP contribution in [0.25, 0.3) is 0 Å². The fraction of sp³-hybridized carbons (Fsp3) is 0.692. The molecule has 1 rings (SSSR count). The quantitative estimate of drug-likeness (QED) is 0.700. The predicted octanol–water partition coefficient (Wildman–Crippen LogP) is 2.16. The first kappa shape index (κ1) is 14.7. The van der Waals surface area contributed by atoms with E-state index in [4.69, 9.17) is 9.47 Å². The number of aromatic nitrogens is 2. The van der Waals surface area contributed by atoms with E-state index < -0.39 is 6.10 Å². The van der Waals surface area contributed by atoms with Crippen molar-refractivity contribution in [3.8, 4) is 5.75 Å². The summed E-state index contributed by atoms with van der Waals surface area (Å²) in [6.07, 6.45) is 1.12. The van der Waals surface area contributed by atoms with Crippen LogP contribution in [0, 0.1) is 5.92 Å². The molecule has 0 N–H and O–H groups in total. The van der Waals surface area contributed by atoms with Crippen molar-refractivity contribution in [1.29, 1.82) is 0 Å². The van der Waals surface area contributed by atoms with Crippen LogP contribution in [-0.4, -0.2) is 35.4 Å². The predicted molar refractivity (Wildman–Crippen MR) is 69.0 cm³/mol. The molecule has 5 nitrogen and oxygen atoms in total. The lowest BCUT2D eigenvalue weighted by molar-refractivity contribution is 0.0269. The average molecular weight is 254 g/mol. The van der Waals surface area contributed by atoms with Crippen molar-refractivity contribution in [2.75, 3.05) is 13.7 Å². The van der Waals surface area contributed by atoms with Crippen molar-refractivity contribution in [3.05, 3.63) is 11.9 Å². The Labute approximate surface area is 108 Å².